The predicted octanol–water partition coefficient (Wildman–Crippen LogP) is 2.60. The predicted molar refractivity (Wildman–Crippen MR) is 102 cm³/mol. The van der Waals surface area contributed by atoms with Crippen LogP contribution >= 0.6 is 11.5 Å². The quantitative estimate of drug-likeness (QED) is 0.519. The molecular formula is C16H24N4O3SSi. The Bertz CT molecular complexity index is 901. The van der Waals surface area contributed by atoms with Gasteiger partial charge in [-0.25, -0.2) is 9.36 Å². The Hall–Kier alpha value is -1.76. The highest BCUT2D eigenvalue weighted by atomic mass is 32.1. The molecule has 0 N–H and O–H groups in total. The molecule has 0 radical (unpaired) electrons. The van der Waals surface area contributed by atoms with Gasteiger partial charge in [0.2, 0.25) is 0 Å². The zero-order valence-corrected chi connectivity index (χ0v) is 17.0. The summed E-state index contributed by atoms with van der Waals surface area (Å²) in [6.07, 6.45) is 1.71. The zero-order valence-electron chi connectivity index (χ0n) is 15.2. The second-order valence-electron chi connectivity index (χ2n) is 7.19. The summed E-state index contributed by atoms with van der Waals surface area (Å²) in [7, 11) is -1.25. The average molecular weight is 381 g/mol. The Morgan fingerprint density at radius 2 is 2.00 bits per heavy atom. The molecule has 0 spiro atoms. The van der Waals surface area contributed by atoms with Crippen LogP contribution in [-0.4, -0.2) is 28.2 Å². The van der Waals surface area contributed by atoms with Gasteiger partial charge < -0.3 is 4.74 Å². The van der Waals surface area contributed by atoms with Gasteiger partial charge in [0.1, 0.15) is 23.1 Å². The average Bonchev–Trinajstić information content (AvgIpc) is 2.97. The second-order valence-corrected chi connectivity index (χ2v) is 13.6. The van der Waals surface area contributed by atoms with E-state index >= 15 is 0 Å². The zero-order chi connectivity index (χ0) is 18.6. The number of aryl methyl sites for hydroxylation is 1. The molecule has 0 aliphatic heterocycles. The van der Waals surface area contributed by atoms with Crippen LogP contribution in [0.2, 0.25) is 25.7 Å². The molecule has 0 unspecified atom stereocenters. The van der Waals surface area contributed by atoms with Crippen LogP contribution < -0.4 is 11.2 Å². The molecule has 0 saturated carbocycles. The summed E-state index contributed by atoms with van der Waals surface area (Å²) in [6, 6.07) is 2.96. The minimum atomic E-state index is -1.25. The Morgan fingerprint density at radius 1 is 1.28 bits per heavy atom. The van der Waals surface area contributed by atoms with Crippen LogP contribution in [-0.2, 0) is 18.0 Å². The second kappa shape index (κ2) is 8.08. The van der Waals surface area contributed by atoms with Crippen molar-refractivity contribution in [2.75, 3.05) is 6.61 Å². The lowest BCUT2D eigenvalue weighted by Crippen LogP contribution is -2.41. The highest BCUT2D eigenvalue weighted by Gasteiger charge is 2.19. The van der Waals surface area contributed by atoms with Gasteiger partial charge in [0.05, 0.1) is 0 Å². The number of unbranched alkanes of at least 4 members (excludes halogenated alkanes) is 1. The van der Waals surface area contributed by atoms with E-state index in [2.05, 4.69) is 24.0 Å². The van der Waals surface area contributed by atoms with Gasteiger partial charge in [0, 0.05) is 21.2 Å². The summed E-state index contributed by atoms with van der Waals surface area (Å²) in [6.45, 7) is 9.63. The number of nitrogens with zero attached hydrogens (tertiary/aromatic N) is 4. The van der Waals surface area contributed by atoms with Crippen molar-refractivity contribution in [1.82, 2.24) is 13.5 Å². The molecule has 0 amide bonds. The minimum Gasteiger partial charge on any atom is -0.361 e. The fourth-order valence-electron chi connectivity index (χ4n) is 2.36. The Balaban J connectivity index is 2.43. The number of nitriles is 1. The fourth-order valence-corrected chi connectivity index (χ4v) is 3.79. The maximum absolute atomic E-state index is 12.7. The number of rotatable bonds is 8. The number of ether oxygens (including phenoxy) is 1. The Morgan fingerprint density at radius 3 is 2.60 bits per heavy atom. The summed E-state index contributed by atoms with van der Waals surface area (Å²) in [5.74, 6) is 0. The molecule has 136 valence electrons. The van der Waals surface area contributed by atoms with Crippen LogP contribution in [0.15, 0.2) is 9.59 Å². The van der Waals surface area contributed by atoms with E-state index in [9.17, 15) is 14.9 Å². The summed E-state index contributed by atoms with van der Waals surface area (Å²) in [5, 5.41) is 9.46. The number of hydrogen-bond acceptors (Lipinski definition) is 6. The molecule has 0 bridgehead atoms. The highest BCUT2D eigenvalue weighted by molar-refractivity contribution is 7.07. The molecule has 0 saturated heterocycles. The Kier molecular flexibility index (Phi) is 6.32. The normalized spacial score (nSPS) is 11.8. The van der Waals surface area contributed by atoms with Gasteiger partial charge in [-0.2, -0.15) is 9.64 Å². The maximum atomic E-state index is 12.7. The van der Waals surface area contributed by atoms with Gasteiger partial charge in [-0.05, 0) is 24.0 Å². The van der Waals surface area contributed by atoms with Crippen molar-refractivity contribution in [2.45, 2.75) is 58.7 Å². The molecule has 7 nitrogen and oxygen atoms in total. The van der Waals surface area contributed by atoms with Crippen LogP contribution in [0.4, 0.5) is 0 Å². The lowest BCUT2D eigenvalue weighted by molar-refractivity contribution is 0.0809. The first-order valence-electron chi connectivity index (χ1n) is 8.41. The van der Waals surface area contributed by atoms with Crippen LogP contribution in [0, 0.1) is 11.3 Å². The van der Waals surface area contributed by atoms with E-state index in [-0.39, 0.29) is 17.0 Å². The van der Waals surface area contributed by atoms with Crippen molar-refractivity contribution in [3.05, 3.63) is 25.7 Å². The van der Waals surface area contributed by atoms with Gasteiger partial charge in [-0.15, -0.1) is 0 Å². The molecular weight excluding hydrogens is 356 g/mol. The topological polar surface area (TPSA) is 89.9 Å². The third kappa shape index (κ3) is 4.45. The fraction of sp³-hybridized carbons (Fsp3) is 0.625. The van der Waals surface area contributed by atoms with Gasteiger partial charge in [0.15, 0.2) is 5.65 Å². The molecule has 25 heavy (non-hydrogen) atoms. The van der Waals surface area contributed by atoms with Gasteiger partial charge in [-0.1, -0.05) is 33.0 Å². The van der Waals surface area contributed by atoms with Crippen molar-refractivity contribution < 1.29 is 4.74 Å². The smallest absolute Gasteiger partial charge is 0.334 e. The molecule has 0 aliphatic rings. The van der Waals surface area contributed by atoms with E-state index in [1.165, 1.54) is 4.57 Å². The van der Waals surface area contributed by atoms with Crippen LogP contribution in [0.25, 0.3) is 11.0 Å². The monoisotopic (exact) mass is 380 g/mol. The lowest BCUT2D eigenvalue weighted by Gasteiger charge is -2.16. The first kappa shape index (κ1) is 19.6. The molecule has 0 aromatic carbocycles. The minimum absolute atomic E-state index is 0.0923. The molecule has 2 aromatic heterocycles. The third-order valence-corrected chi connectivity index (χ3v) is 6.35. The molecule has 2 aromatic rings. The van der Waals surface area contributed by atoms with E-state index in [0.717, 1.165) is 35.0 Å². The summed E-state index contributed by atoms with van der Waals surface area (Å²) < 4.78 is 12.3. The van der Waals surface area contributed by atoms with Crippen molar-refractivity contribution in [3.8, 4) is 6.07 Å². The molecule has 0 aliphatic carbocycles. The van der Waals surface area contributed by atoms with Crippen molar-refractivity contribution in [3.63, 3.8) is 0 Å². The largest absolute Gasteiger partial charge is 0.361 e. The van der Waals surface area contributed by atoms with E-state index in [1.807, 2.05) is 13.0 Å². The standard InChI is InChI=1S/C16H24N4O3SSi/c1-5-6-7-19-14-13(12(10-17)24-18-14)15(21)20(16(19)22)11-23-8-9-25(2,3)4/h5-9,11H2,1-4H3. The van der Waals surface area contributed by atoms with Crippen molar-refractivity contribution in [2.24, 2.45) is 0 Å². The van der Waals surface area contributed by atoms with Crippen molar-refractivity contribution >= 4 is 30.6 Å². The number of hydrogen-bond donors (Lipinski definition) is 0. The van der Waals surface area contributed by atoms with Crippen LogP contribution in [0.5, 0.6) is 0 Å². The Labute approximate surface area is 151 Å². The van der Waals surface area contributed by atoms with E-state index in [0.29, 0.717) is 18.8 Å². The maximum Gasteiger partial charge on any atom is 0.334 e. The van der Waals surface area contributed by atoms with Crippen LogP contribution in [0.1, 0.15) is 24.6 Å². The molecule has 2 rings (SSSR count). The molecule has 2 heterocycles. The van der Waals surface area contributed by atoms with E-state index in [4.69, 9.17) is 4.74 Å². The lowest BCUT2D eigenvalue weighted by atomic mass is 10.3. The number of fused-ring (bicyclic) bond motifs is 1. The van der Waals surface area contributed by atoms with Gasteiger partial charge >= 0.3 is 5.69 Å². The number of aromatic nitrogens is 3. The summed E-state index contributed by atoms with van der Waals surface area (Å²) in [4.78, 5) is 25.7. The first-order valence-corrected chi connectivity index (χ1v) is 12.9. The molecule has 0 fully saturated rings. The first-order chi connectivity index (χ1) is 11.8. The van der Waals surface area contributed by atoms with E-state index < -0.39 is 19.3 Å². The van der Waals surface area contributed by atoms with Gasteiger partial charge in [-0.3, -0.25) is 9.36 Å². The van der Waals surface area contributed by atoms with Gasteiger partial charge in [0.25, 0.3) is 5.56 Å². The SMILES string of the molecule is CCCCn1c(=O)n(COCC[Si](C)(C)C)c(=O)c2c(C#N)snc21. The third-order valence-electron chi connectivity index (χ3n) is 3.90. The molecule has 0 atom stereocenters. The molecule has 9 heteroatoms. The van der Waals surface area contributed by atoms with Crippen molar-refractivity contribution in [1.29, 1.82) is 5.26 Å². The highest BCUT2D eigenvalue weighted by Crippen LogP contribution is 2.17. The summed E-state index contributed by atoms with van der Waals surface area (Å²) in [5.41, 5.74) is -0.608. The van der Waals surface area contributed by atoms with E-state index in [1.54, 1.807) is 0 Å². The summed E-state index contributed by atoms with van der Waals surface area (Å²) >= 11 is 0.954. The van der Waals surface area contributed by atoms with Crippen LogP contribution in [0.3, 0.4) is 0 Å².